The van der Waals surface area contributed by atoms with Crippen LogP contribution in [-0.2, 0) is 0 Å². The van der Waals surface area contributed by atoms with Crippen LogP contribution in [0.4, 0.5) is 0 Å². The second-order valence-electron chi connectivity index (χ2n) is 25.1. The van der Waals surface area contributed by atoms with E-state index in [9.17, 15) is 0 Å². The Kier molecular flexibility index (Phi) is 28.6. The first-order valence-corrected chi connectivity index (χ1v) is 56.1. The molecule has 12 rings (SSSR count). The van der Waals surface area contributed by atoms with Crippen molar-refractivity contribution in [2.45, 2.75) is 227 Å². The summed E-state index contributed by atoms with van der Waals surface area (Å²) in [6.07, 6.45) is 34.0. The Balaban J connectivity index is 0.000000159. The second-order valence-corrected chi connectivity index (χ2v) is 58.8. The van der Waals surface area contributed by atoms with Crippen LogP contribution in [0.15, 0.2) is 65.9 Å². The Morgan fingerprint density at radius 2 is 0.674 bits per heavy atom. The van der Waals surface area contributed by atoms with Crippen LogP contribution in [0.2, 0.25) is 14.8 Å². The fraction of sp³-hybridized carbons (Fsp3) is 0.500. The normalized spacial score (nSPS) is 12.2. The number of thioether (sulfide) groups is 2. The number of aryl methyl sites for hydroxylation is 5. The molecule has 0 spiro atoms. The Bertz CT molecular complexity index is 4130. The molecule has 0 N–H and O–H groups in total. The van der Waals surface area contributed by atoms with Gasteiger partial charge in [0.25, 0.3) is 0 Å². The first-order valence-electron chi connectivity index (χ1n) is 32.8. The molecule has 12 aromatic heterocycles. The molecule has 0 atom stereocenters. The van der Waals surface area contributed by atoms with Crippen molar-refractivity contribution in [1.29, 1.82) is 0 Å². The monoisotopic (exact) mass is 1680 g/mol. The Morgan fingerprint density at radius 1 is 0.315 bits per heavy atom. The summed E-state index contributed by atoms with van der Waals surface area (Å²) in [5, 5.41) is 0. The maximum absolute atomic E-state index is 3.69. The molecule has 12 heterocycles. The molecular formula is C72H90Br2S14Sn. The summed E-state index contributed by atoms with van der Waals surface area (Å²) in [6.45, 7) is 15.8. The van der Waals surface area contributed by atoms with Gasteiger partial charge < -0.3 is 0 Å². The molecule has 0 saturated heterocycles. The molecule has 0 nitrogen and oxygen atoms in total. The van der Waals surface area contributed by atoms with E-state index in [0.717, 1.165) is 0 Å². The van der Waals surface area contributed by atoms with E-state index in [-0.39, 0.29) is 0 Å². The van der Waals surface area contributed by atoms with Crippen molar-refractivity contribution in [3.05, 3.63) is 81.9 Å². The maximum atomic E-state index is 3.69. The number of thiophene rings is 12. The van der Waals surface area contributed by atoms with Gasteiger partial charge in [-0.1, -0.05) is 155 Å². The molecule has 480 valence electrons. The standard InChI is InChI=1S/C35H42S7.C23H34Br2S3.C11H5S4.3CH3.Sn/c1-5-6-7-8-9-10-11-12-13-14-15-16-17-36-27-19-23(3)37-31(27)30-22(2)18-25(39-30)26-21-29-33(40-26)35-34(42-29)32-28(41-35)20-24(4)38-32;1-3-4-5-6-7-8-9-10-11-12-13-14-15-26-19-17-21(25)28-23(19)22-18(2)16-20(24)27-22;1-5-4-7-9(13-5)11-10(15-7)8-6(14-11)2-3-12-8;;;;/h18-21H,5-17H2,1-4H3;16-17H,3-15H2,1-2H3;2,4H,1H3;3*1H3;. The molecule has 0 aliphatic heterocycles. The van der Waals surface area contributed by atoms with Crippen LogP contribution < -0.4 is 2.89 Å². The minimum absolute atomic E-state index is 1.22. The van der Waals surface area contributed by atoms with Gasteiger partial charge in [-0.05, 0) is 131 Å². The van der Waals surface area contributed by atoms with Crippen molar-refractivity contribution in [2.75, 3.05) is 11.5 Å². The van der Waals surface area contributed by atoms with Gasteiger partial charge in [-0.25, -0.2) is 0 Å². The summed E-state index contributed by atoms with van der Waals surface area (Å²) in [6, 6.07) is 19.1. The first-order chi connectivity index (χ1) is 43.1. The molecule has 0 bridgehead atoms. The van der Waals surface area contributed by atoms with E-state index < -0.39 is 18.4 Å². The third kappa shape index (κ3) is 19.4. The molecule has 0 radical (unpaired) electrons. The molecule has 0 amide bonds. The van der Waals surface area contributed by atoms with E-state index in [1.54, 1.807) is 12.3 Å². The fourth-order valence-electron chi connectivity index (χ4n) is 11.5. The predicted octanol–water partition coefficient (Wildman–Crippen LogP) is 32.9. The van der Waals surface area contributed by atoms with E-state index in [2.05, 4.69) is 167 Å². The molecule has 12 aromatic rings. The molecule has 0 aromatic carbocycles. The van der Waals surface area contributed by atoms with Gasteiger partial charge in [-0.3, -0.25) is 0 Å². The van der Waals surface area contributed by atoms with E-state index in [1.807, 2.05) is 136 Å². The Labute approximate surface area is 610 Å². The zero-order chi connectivity index (χ0) is 62.6. The molecule has 89 heavy (non-hydrogen) atoms. The number of fused-ring (bicyclic) bond motifs is 10. The summed E-state index contributed by atoms with van der Waals surface area (Å²) in [5.74, 6) is 2.48. The molecule has 0 aliphatic rings. The first kappa shape index (κ1) is 72.2. The Hall–Kier alpha value is 0.419. The zero-order valence-corrected chi connectivity index (χ0v) is 71.4. The number of rotatable bonds is 32. The summed E-state index contributed by atoms with van der Waals surface area (Å²) >= 11 is 33.2. The van der Waals surface area contributed by atoms with Crippen molar-refractivity contribution in [3.63, 3.8) is 0 Å². The number of hydrogen-bond acceptors (Lipinski definition) is 14. The molecule has 0 fully saturated rings. The van der Waals surface area contributed by atoms with E-state index >= 15 is 0 Å². The molecule has 0 saturated carbocycles. The fourth-order valence-corrected chi connectivity index (χ4v) is 37.0. The summed E-state index contributed by atoms with van der Waals surface area (Å²) in [5.41, 5.74) is 2.80. The van der Waals surface area contributed by atoms with Crippen LogP contribution in [0.1, 0.15) is 194 Å². The zero-order valence-electron chi connectivity index (χ0n) is 54.0. The van der Waals surface area contributed by atoms with Gasteiger partial charge in [-0.15, -0.1) is 114 Å². The van der Waals surface area contributed by atoms with Gasteiger partial charge in [0, 0.05) is 48.5 Å². The van der Waals surface area contributed by atoms with Crippen LogP contribution >= 0.6 is 191 Å². The van der Waals surface area contributed by atoms with Crippen molar-refractivity contribution in [3.8, 4) is 29.3 Å². The van der Waals surface area contributed by atoms with E-state index in [0.29, 0.717) is 0 Å². The van der Waals surface area contributed by atoms with Crippen LogP contribution in [0.25, 0.3) is 85.7 Å². The van der Waals surface area contributed by atoms with Crippen molar-refractivity contribution >= 4 is 269 Å². The van der Waals surface area contributed by atoms with Crippen LogP contribution in [-0.4, -0.2) is 29.9 Å². The van der Waals surface area contributed by atoms with Gasteiger partial charge in [0.1, 0.15) is 0 Å². The van der Waals surface area contributed by atoms with Crippen LogP contribution in [0.5, 0.6) is 0 Å². The number of halogens is 2. The van der Waals surface area contributed by atoms with Crippen molar-refractivity contribution in [1.82, 2.24) is 0 Å². The SMILES string of the molecule is CCCCCCCCCCCCCCSc1cc(Br)sc1-c1sc(Br)cc1C.CCCCCCCCCCCCCCSc1cc(C)sc1-c1sc(-c2cc3sc4c5sc(C)cc5sc4c3s2)cc1C.Cc1cc2sc3c4s[c]([Sn]([CH3])([CH3])[CH3])cc4sc3c2s1. The summed E-state index contributed by atoms with van der Waals surface area (Å²) < 4.78 is 22.3. The van der Waals surface area contributed by atoms with Gasteiger partial charge in [-0.2, -0.15) is 0 Å². The topological polar surface area (TPSA) is 0 Å². The average Bonchev–Trinajstić information content (AvgIpc) is 1.60. The van der Waals surface area contributed by atoms with Crippen LogP contribution in [0.3, 0.4) is 0 Å². The van der Waals surface area contributed by atoms with Crippen molar-refractivity contribution < 1.29 is 0 Å². The minimum atomic E-state index is -1.90. The van der Waals surface area contributed by atoms with Gasteiger partial charge in [0.05, 0.1) is 36.1 Å². The third-order valence-electron chi connectivity index (χ3n) is 16.3. The third-order valence-corrected chi connectivity index (χ3v) is 44.8. The van der Waals surface area contributed by atoms with Gasteiger partial charge in [0.15, 0.2) is 0 Å². The number of unbranched alkanes of at least 4 members (excludes halogenated alkanes) is 22. The second kappa shape index (κ2) is 35.3. The predicted molar refractivity (Wildman–Crippen MR) is 441 cm³/mol. The molecule has 17 heteroatoms. The van der Waals surface area contributed by atoms with Crippen LogP contribution in [0, 0.1) is 34.6 Å². The van der Waals surface area contributed by atoms with E-state index in [4.69, 9.17) is 0 Å². The van der Waals surface area contributed by atoms with Gasteiger partial charge >= 0.3 is 134 Å². The quantitative estimate of drug-likeness (QED) is 0.0234. The summed E-state index contributed by atoms with van der Waals surface area (Å²) in [4.78, 5) is 23.5. The molecule has 0 aliphatic carbocycles. The van der Waals surface area contributed by atoms with Gasteiger partial charge in [0.2, 0.25) is 0 Å². The summed E-state index contributed by atoms with van der Waals surface area (Å²) in [7, 11) is 0. The van der Waals surface area contributed by atoms with Crippen molar-refractivity contribution in [2.24, 2.45) is 0 Å². The number of hydrogen-bond donors (Lipinski definition) is 0. The molecule has 0 unspecified atom stereocenters. The molecular weight excluding hydrogens is 1590 g/mol. The van der Waals surface area contributed by atoms with E-state index in [1.165, 1.54) is 285 Å². The average molecular weight is 1680 g/mol. The Morgan fingerprint density at radius 3 is 1.15 bits per heavy atom.